The van der Waals surface area contributed by atoms with Crippen LogP contribution in [0.4, 0.5) is 4.39 Å². The first-order valence-electron chi connectivity index (χ1n) is 5.27. The van der Waals surface area contributed by atoms with E-state index in [4.69, 9.17) is 15.0 Å². The van der Waals surface area contributed by atoms with Gasteiger partial charge in [-0.15, -0.1) is 0 Å². The van der Waals surface area contributed by atoms with Crippen molar-refractivity contribution in [2.24, 2.45) is 5.84 Å². The first kappa shape index (κ1) is 13.6. The van der Waals surface area contributed by atoms with Crippen molar-refractivity contribution in [3.8, 4) is 5.75 Å². The molecule has 5 nitrogen and oxygen atoms in total. The Morgan fingerprint density at radius 2 is 2.26 bits per heavy atom. The van der Waals surface area contributed by atoms with Gasteiger partial charge in [0.2, 0.25) is 0 Å². The van der Waals surface area contributed by atoms with E-state index in [1.165, 1.54) is 24.5 Å². The molecule has 1 aromatic carbocycles. The van der Waals surface area contributed by atoms with Gasteiger partial charge in [0.1, 0.15) is 6.61 Å². The van der Waals surface area contributed by atoms with Crippen molar-refractivity contribution in [1.82, 2.24) is 5.43 Å². The van der Waals surface area contributed by atoms with Gasteiger partial charge >= 0.3 is 0 Å². The fourth-order valence-corrected chi connectivity index (χ4v) is 1.80. The number of ether oxygens (including phenoxy) is 1. The molecule has 100 valence electrons. The number of carbonyl (C=O) groups is 1. The van der Waals surface area contributed by atoms with Crippen LogP contribution in [0.3, 0.4) is 0 Å². The second kappa shape index (κ2) is 5.85. The minimum absolute atomic E-state index is 0.0682. The van der Waals surface area contributed by atoms with E-state index < -0.39 is 11.7 Å². The van der Waals surface area contributed by atoms with E-state index in [0.717, 1.165) is 0 Å². The summed E-state index contributed by atoms with van der Waals surface area (Å²) in [7, 11) is 0. The molecule has 0 aliphatic heterocycles. The summed E-state index contributed by atoms with van der Waals surface area (Å²) in [6, 6.07) is 5.86. The van der Waals surface area contributed by atoms with Crippen LogP contribution < -0.4 is 16.0 Å². The molecule has 2 aromatic rings. The minimum Gasteiger partial charge on any atom is -0.483 e. The predicted molar refractivity (Wildman–Crippen MR) is 68.8 cm³/mol. The number of furan rings is 1. The van der Waals surface area contributed by atoms with Crippen molar-refractivity contribution in [2.45, 2.75) is 6.61 Å². The number of benzene rings is 1. The van der Waals surface area contributed by atoms with Crippen molar-refractivity contribution in [3.05, 3.63) is 52.1 Å². The lowest BCUT2D eigenvalue weighted by Gasteiger charge is -2.07. The highest BCUT2D eigenvalue weighted by molar-refractivity contribution is 9.10. The summed E-state index contributed by atoms with van der Waals surface area (Å²) >= 11 is 3.15. The van der Waals surface area contributed by atoms with Gasteiger partial charge in [-0.1, -0.05) is 15.9 Å². The van der Waals surface area contributed by atoms with Gasteiger partial charge in [-0.2, -0.15) is 0 Å². The van der Waals surface area contributed by atoms with Gasteiger partial charge in [0.05, 0.1) is 11.8 Å². The molecule has 0 radical (unpaired) electrons. The minimum atomic E-state index is -0.509. The van der Waals surface area contributed by atoms with Crippen LogP contribution in [0.5, 0.6) is 5.75 Å². The number of halogens is 2. The van der Waals surface area contributed by atoms with Crippen molar-refractivity contribution in [2.75, 3.05) is 0 Å². The highest BCUT2D eigenvalue weighted by Gasteiger charge is 2.14. The Bertz CT molecular complexity index is 600. The fourth-order valence-electron chi connectivity index (χ4n) is 1.47. The molecule has 0 saturated heterocycles. The molecule has 0 atom stereocenters. The molecule has 1 heterocycles. The molecule has 0 spiro atoms. The van der Waals surface area contributed by atoms with E-state index in [-0.39, 0.29) is 23.7 Å². The molecule has 0 fully saturated rings. The van der Waals surface area contributed by atoms with Gasteiger partial charge in [0.25, 0.3) is 5.91 Å². The van der Waals surface area contributed by atoms with Crippen molar-refractivity contribution in [3.63, 3.8) is 0 Å². The monoisotopic (exact) mass is 328 g/mol. The lowest BCUT2D eigenvalue weighted by atomic mass is 10.2. The SMILES string of the molecule is NNC(=O)c1ccoc1COc1ccc(Br)cc1F. The van der Waals surface area contributed by atoms with Gasteiger partial charge in [0.15, 0.2) is 17.3 Å². The lowest BCUT2D eigenvalue weighted by molar-refractivity contribution is 0.0949. The highest BCUT2D eigenvalue weighted by atomic mass is 79.9. The zero-order valence-electron chi connectivity index (χ0n) is 9.65. The summed E-state index contributed by atoms with van der Waals surface area (Å²) in [6.45, 7) is -0.0751. The average Bonchev–Trinajstić information content (AvgIpc) is 2.85. The number of carbonyl (C=O) groups excluding carboxylic acids is 1. The van der Waals surface area contributed by atoms with Crippen LogP contribution in [0.15, 0.2) is 39.4 Å². The highest BCUT2D eigenvalue weighted by Crippen LogP contribution is 2.23. The van der Waals surface area contributed by atoms with Gasteiger partial charge in [-0.3, -0.25) is 10.2 Å². The quantitative estimate of drug-likeness (QED) is 0.513. The molecule has 7 heteroatoms. The average molecular weight is 329 g/mol. The Balaban J connectivity index is 2.10. The van der Waals surface area contributed by atoms with Crippen LogP contribution in [-0.2, 0) is 6.61 Å². The van der Waals surface area contributed by atoms with E-state index in [2.05, 4.69) is 15.9 Å². The first-order valence-corrected chi connectivity index (χ1v) is 6.06. The summed E-state index contributed by atoms with van der Waals surface area (Å²) in [5.74, 6) is 4.36. The Morgan fingerprint density at radius 3 is 2.95 bits per heavy atom. The van der Waals surface area contributed by atoms with Gasteiger partial charge in [-0.05, 0) is 24.3 Å². The van der Waals surface area contributed by atoms with Crippen LogP contribution in [-0.4, -0.2) is 5.91 Å². The summed E-state index contributed by atoms with van der Waals surface area (Å²) < 4.78 is 24.5. The number of hydrogen-bond donors (Lipinski definition) is 2. The number of nitrogens with one attached hydrogen (secondary N) is 1. The Kier molecular flexibility index (Phi) is 4.18. The summed E-state index contributed by atoms with van der Waals surface area (Å²) in [6.07, 6.45) is 1.33. The maximum absolute atomic E-state index is 13.5. The van der Waals surface area contributed by atoms with Crippen molar-refractivity contribution >= 4 is 21.8 Å². The van der Waals surface area contributed by atoms with E-state index in [1.54, 1.807) is 6.07 Å². The van der Waals surface area contributed by atoms with Gasteiger partial charge in [0, 0.05) is 4.47 Å². The smallest absolute Gasteiger partial charge is 0.268 e. The van der Waals surface area contributed by atoms with Crippen LogP contribution in [0.2, 0.25) is 0 Å². The molecule has 2 rings (SSSR count). The lowest BCUT2D eigenvalue weighted by Crippen LogP contribution is -2.30. The molecular formula is C12H10BrFN2O3. The largest absolute Gasteiger partial charge is 0.483 e. The van der Waals surface area contributed by atoms with Gasteiger partial charge in [-0.25, -0.2) is 10.2 Å². The van der Waals surface area contributed by atoms with Gasteiger partial charge < -0.3 is 9.15 Å². The van der Waals surface area contributed by atoms with Crippen LogP contribution >= 0.6 is 15.9 Å². The second-order valence-corrected chi connectivity index (χ2v) is 4.51. The Labute approximate surface area is 116 Å². The number of hydrogen-bond acceptors (Lipinski definition) is 4. The van der Waals surface area contributed by atoms with Crippen LogP contribution in [0.1, 0.15) is 16.1 Å². The zero-order valence-corrected chi connectivity index (χ0v) is 11.2. The number of hydrazine groups is 1. The molecule has 1 aromatic heterocycles. The predicted octanol–water partition coefficient (Wildman–Crippen LogP) is 2.36. The maximum Gasteiger partial charge on any atom is 0.268 e. The summed E-state index contributed by atoms with van der Waals surface area (Å²) in [4.78, 5) is 11.4. The van der Waals surface area contributed by atoms with E-state index in [9.17, 15) is 9.18 Å². The maximum atomic E-state index is 13.5. The summed E-state index contributed by atoms with van der Waals surface area (Å²) in [5.41, 5.74) is 2.24. The second-order valence-electron chi connectivity index (χ2n) is 3.59. The molecular weight excluding hydrogens is 319 g/mol. The molecule has 19 heavy (non-hydrogen) atoms. The molecule has 3 N–H and O–H groups in total. The number of nitrogen functional groups attached to an aromatic ring is 1. The normalized spacial score (nSPS) is 10.3. The van der Waals surface area contributed by atoms with Crippen LogP contribution in [0, 0.1) is 5.82 Å². The Hall–Kier alpha value is -1.86. The number of rotatable bonds is 4. The number of nitrogens with two attached hydrogens (primary N) is 1. The third-order valence-electron chi connectivity index (χ3n) is 2.37. The number of amides is 1. The van der Waals surface area contributed by atoms with Crippen molar-refractivity contribution < 1.29 is 18.3 Å². The third-order valence-corrected chi connectivity index (χ3v) is 2.87. The first-order chi connectivity index (χ1) is 9.11. The van der Waals surface area contributed by atoms with E-state index in [1.807, 2.05) is 5.43 Å². The van der Waals surface area contributed by atoms with Crippen molar-refractivity contribution in [1.29, 1.82) is 0 Å². The van der Waals surface area contributed by atoms with E-state index >= 15 is 0 Å². The molecule has 0 aliphatic rings. The Morgan fingerprint density at radius 1 is 1.47 bits per heavy atom. The van der Waals surface area contributed by atoms with Crippen LogP contribution in [0.25, 0.3) is 0 Å². The fraction of sp³-hybridized carbons (Fsp3) is 0.0833. The molecule has 0 saturated carbocycles. The molecule has 0 aliphatic carbocycles. The third kappa shape index (κ3) is 3.12. The molecule has 0 unspecified atom stereocenters. The topological polar surface area (TPSA) is 77.5 Å². The zero-order chi connectivity index (χ0) is 13.8. The molecule has 0 bridgehead atoms. The molecule has 1 amide bonds. The summed E-state index contributed by atoms with van der Waals surface area (Å²) in [5, 5.41) is 0. The van der Waals surface area contributed by atoms with E-state index in [0.29, 0.717) is 4.47 Å². The standard InChI is InChI=1S/C12H10BrFN2O3/c13-7-1-2-10(9(14)5-7)19-6-11-8(3-4-18-11)12(17)16-15/h1-5H,6,15H2,(H,16,17).